The monoisotopic (exact) mass is 239 g/mol. The van der Waals surface area contributed by atoms with E-state index in [1.165, 1.54) is 0 Å². The van der Waals surface area contributed by atoms with Gasteiger partial charge in [-0.25, -0.2) is 0 Å². The van der Waals surface area contributed by atoms with Gasteiger partial charge in [0.25, 0.3) is 5.91 Å². The maximum absolute atomic E-state index is 11.3. The van der Waals surface area contributed by atoms with Crippen LogP contribution in [0.2, 0.25) is 0 Å². The molecule has 0 radical (unpaired) electrons. The molecule has 0 bridgehead atoms. The first-order valence-electron chi connectivity index (χ1n) is 5.85. The molecule has 0 saturated carbocycles. The molecule has 4 heteroatoms. The number of allylic oxidation sites excluding steroid dienone is 1. The number of carbonyl (C=O) groups is 1. The Bertz CT molecular complexity index is 626. The molecule has 90 valence electrons. The molecule has 0 atom stereocenters. The van der Waals surface area contributed by atoms with Crippen LogP contribution < -0.4 is 5.73 Å². The first-order chi connectivity index (χ1) is 8.75. The lowest BCUT2D eigenvalue weighted by atomic mass is 10.2. The molecule has 0 fully saturated rings. The Morgan fingerprint density at radius 2 is 2.11 bits per heavy atom. The standard InChI is InChI=1S/C14H13N3O/c15-14(18)13-11-7-4-8-12(11)17(16-13)9-10-5-2-1-3-6-10/h1-7H,8-9H2,(H2,15,18). The summed E-state index contributed by atoms with van der Waals surface area (Å²) in [5.74, 6) is -0.468. The van der Waals surface area contributed by atoms with Gasteiger partial charge in [-0.05, 0) is 5.56 Å². The molecule has 4 nitrogen and oxygen atoms in total. The average molecular weight is 239 g/mol. The third-order valence-electron chi connectivity index (χ3n) is 3.10. The third kappa shape index (κ3) is 1.72. The second-order valence-corrected chi connectivity index (χ2v) is 4.32. The van der Waals surface area contributed by atoms with Gasteiger partial charge in [-0.1, -0.05) is 42.5 Å². The number of hydrogen-bond donors (Lipinski definition) is 1. The van der Waals surface area contributed by atoms with Crippen LogP contribution >= 0.6 is 0 Å². The van der Waals surface area contributed by atoms with E-state index < -0.39 is 5.91 Å². The fourth-order valence-corrected chi connectivity index (χ4v) is 2.26. The van der Waals surface area contributed by atoms with E-state index in [-0.39, 0.29) is 0 Å². The molecule has 0 spiro atoms. The SMILES string of the molecule is NC(=O)c1nn(Cc2ccccc2)c2c1C=CC2. The molecule has 1 aliphatic rings. The number of amides is 1. The Labute approximate surface area is 105 Å². The number of hydrogen-bond acceptors (Lipinski definition) is 2. The highest BCUT2D eigenvalue weighted by Gasteiger charge is 2.21. The first kappa shape index (κ1) is 10.8. The van der Waals surface area contributed by atoms with Gasteiger partial charge >= 0.3 is 0 Å². The van der Waals surface area contributed by atoms with Crippen LogP contribution in [0.3, 0.4) is 0 Å². The average Bonchev–Trinajstić information content (AvgIpc) is 2.94. The molecule has 0 saturated heterocycles. The minimum Gasteiger partial charge on any atom is -0.364 e. The van der Waals surface area contributed by atoms with E-state index in [1.54, 1.807) is 0 Å². The van der Waals surface area contributed by atoms with Gasteiger partial charge in [0, 0.05) is 12.0 Å². The second kappa shape index (κ2) is 4.14. The molecule has 0 unspecified atom stereocenters. The van der Waals surface area contributed by atoms with Crippen molar-refractivity contribution in [3.8, 4) is 0 Å². The molecule has 2 N–H and O–H groups in total. The Morgan fingerprint density at radius 3 is 2.83 bits per heavy atom. The first-order valence-corrected chi connectivity index (χ1v) is 5.85. The number of rotatable bonds is 3. The van der Waals surface area contributed by atoms with Crippen molar-refractivity contribution < 1.29 is 4.79 Å². The van der Waals surface area contributed by atoms with Crippen LogP contribution in [0.25, 0.3) is 6.08 Å². The van der Waals surface area contributed by atoms with Crippen molar-refractivity contribution in [3.05, 3.63) is 58.9 Å². The summed E-state index contributed by atoms with van der Waals surface area (Å²) in [6.45, 7) is 0.665. The van der Waals surface area contributed by atoms with Gasteiger partial charge in [0.05, 0.1) is 12.2 Å². The second-order valence-electron chi connectivity index (χ2n) is 4.32. The number of nitrogens with zero attached hydrogens (tertiary/aromatic N) is 2. The van der Waals surface area contributed by atoms with Crippen LogP contribution in [0, 0.1) is 0 Å². The normalized spacial score (nSPS) is 12.7. The highest BCUT2D eigenvalue weighted by Crippen LogP contribution is 2.23. The van der Waals surface area contributed by atoms with Crippen molar-refractivity contribution in [2.75, 3.05) is 0 Å². The Balaban J connectivity index is 2.00. The quantitative estimate of drug-likeness (QED) is 0.884. The molecule has 18 heavy (non-hydrogen) atoms. The number of fused-ring (bicyclic) bond motifs is 1. The molecule has 1 aliphatic carbocycles. The van der Waals surface area contributed by atoms with Crippen molar-refractivity contribution in [3.63, 3.8) is 0 Å². The van der Waals surface area contributed by atoms with E-state index in [9.17, 15) is 4.79 Å². The van der Waals surface area contributed by atoms with Crippen LogP contribution in [-0.4, -0.2) is 15.7 Å². The van der Waals surface area contributed by atoms with Crippen LogP contribution in [0.15, 0.2) is 36.4 Å². The largest absolute Gasteiger partial charge is 0.364 e. The number of primary amides is 1. The molecule has 2 aromatic rings. The zero-order chi connectivity index (χ0) is 12.5. The maximum Gasteiger partial charge on any atom is 0.269 e. The van der Waals surface area contributed by atoms with Crippen molar-refractivity contribution in [2.45, 2.75) is 13.0 Å². The summed E-state index contributed by atoms with van der Waals surface area (Å²) >= 11 is 0. The predicted octanol–water partition coefficient (Wildman–Crippen LogP) is 1.60. The summed E-state index contributed by atoms with van der Waals surface area (Å²) in [6, 6.07) is 10.0. The highest BCUT2D eigenvalue weighted by molar-refractivity contribution is 5.95. The van der Waals surface area contributed by atoms with Gasteiger partial charge in [-0.2, -0.15) is 5.10 Å². The summed E-state index contributed by atoms with van der Waals surface area (Å²) in [4.78, 5) is 11.3. The van der Waals surface area contributed by atoms with Crippen LogP contribution in [-0.2, 0) is 13.0 Å². The van der Waals surface area contributed by atoms with Gasteiger partial charge < -0.3 is 5.73 Å². The van der Waals surface area contributed by atoms with E-state index in [0.29, 0.717) is 12.2 Å². The Morgan fingerprint density at radius 1 is 1.33 bits per heavy atom. The van der Waals surface area contributed by atoms with Gasteiger partial charge in [0.1, 0.15) is 0 Å². The molecule has 1 amide bonds. The summed E-state index contributed by atoms with van der Waals surface area (Å²) in [5.41, 5.74) is 8.81. The number of nitrogens with two attached hydrogens (primary N) is 1. The number of aromatic nitrogens is 2. The number of carbonyl (C=O) groups excluding carboxylic acids is 1. The molecule has 0 aliphatic heterocycles. The zero-order valence-corrected chi connectivity index (χ0v) is 9.84. The highest BCUT2D eigenvalue weighted by atomic mass is 16.1. The van der Waals surface area contributed by atoms with Gasteiger partial charge in [-0.3, -0.25) is 9.48 Å². The Kier molecular flexibility index (Phi) is 2.48. The fraction of sp³-hybridized carbons (Fsp3) is 0.143. The summed E-state index contributed by atoms with van der Waals surface area (Å²) in [6.07, 6.45) is 4.76. The van der Waals surface area contributed by atoms with E-state index in [1.807, 2.05) is 47.2 Å². The summed E-state index contributed by atoms with van der Waals surface area (Å²) < 4.78 is 1.87. The van der Waals surface area contributed by atoms with Crippen molar-refractivity contribution >= 4 is 12.0 Å². The molecular weight excluding hydrogens is 226 g/mol. The number of benzene rings is 1. The van der Waals surface area contributed by atoms with E-state index in [0.717, 1.165) is 23.2 Å². The molecule has 1 heterocycles. The third-order valence-corrected chi connectivity index (χ3v) is 3.10. The molecule has 1 aromatic carbocycles. The van der Waals surface area contributed by atoms with E-state index in [4.69, 9.17) is 5.73 Å². The summed E-state index contributed by atoms with van der Waals surface area (Å²) in [7, 11) is 0. The predicted molar refractivity (Wildman–Crippen MR) is 69.0 cm³/mol. The lowest BCUT2D eigenvalue weighted by Gasteiger charge is -2.05. The lowest BCUT2D eigenvalue weighted by molar-refractivity contribution is 0.0994. The van der Waals surface area contributed by atoms with Crippen molar-refractivity contribution in [1.82, 2.24) is 9.78 Å². The van der Waals surface area contributed by atoms with E-state index >= 15 is 0 Å². The van der Waals surface area contributed by atoms with Crippen LogP contribution in [0.1, 0.15) is 27.3 Å². The smallest absolute Gasteiger partial charge is 0.269 e. The fourth-order valence-electron chi connectivity index (χ4n) is 2.26. The Hall–Kier alpha value is -2.36. The van der Waals surface area contributed by atoms with Gasteiger partial charge in [0.15, 0.2) is 5.69 Å². The molecule has 1 aromatic heterocycles. The van der Waals surface area contributed by atoms with Crippen LogP contribution in [0.5, 0.6) is 0 Å². The van der Waals surface area contributed by atoms with Gasteiger partial charge in [-0.15, -0.1) is 0 Å². The summed E-state index contributed by atoms with van der Waals surface area (Å²) in [5, 5.41) is 4.32. The van der Waals surface area contributed by atoms with Gasteiger partial charge in [0.2, 0.25) is 0 Å². The topological polar surface area (TPSA) is 60.9 Å². The minimum atomic E-state index is -0.468. The lowest BCUT2D eigenvalue weighted by Crippen LogP contribution is -2.14. The molecule has 3 rings (SSSR count). The van der Waals surface area contributed by atoms with Crippen LogP contribution in [0.4, 0.5) is 0 Å². The maximum atomic E-state index is 11.3. The van der Waals surface area contributed by atoms with Crippen molar-refractivity contribution in [2.24, 2.45) is 5.73 Å². The molecular formula is C14H13N3O. The van der Waals surface area contributed by atoms with E-state index in [2.05, 4.69) is 5.10 Å². The zero-order valence-electron chi connectivity index (χ0n) is 9.84. The van der Waals surface area contributed by atoms with Crippen molar-refractivity contribution in [1.29, 1.82) is 0 Å². The minimum absolute atomic E-state index is 0.370.